The fourth-order valence-corrected chi connectivity index (χ4v) is 8.38. The summed E-state index contributed by atoms with van der Waals surface area (Å²) in [6.45, 7) is 15.0. The number of hydrogen-bond acceptors (Lipinski definition) is 13. The molecule has 0 heterocycles. The molecule has 0 fully saturated rings. The Bertz CT molecular complexity index is 3170. The summed E-state index contributed by atoms with van der Waals surface area (Å²) in [5.41, 5.74) is 1.26. The molecule has 0 radical (unpaired) electrons. The average molecular weight is 999 g/mol. The molecular formula is C49H52N4Na2O12S2. The number of benzene rings is 6. The minimum absolute atomic E-state index is 0. The van der Waals surface area contributed by atoms with E-state index in [-0.39, 0.29) is 116 Å². The Labute approximate surface area is 446 Å². The van der Waals surface area contributed by atoms with Crippen LogP contribution in [0.15, 0.2) is 121 Å². The summed E-state index contributed by atoms with van der Waals surface area (Å²) >= 11 is 0. The number of ether oxygens (including phenoxy) is 2. The van der Waals surface area contributed by atoms with Gasteiger partial charge in [-0.15, -0.1) is 5.11 Å². The van der Waals surface area contributed by atoms with E-state index in [1.54, 1.807) is 24.3 Å². The van der Waals surface area contributed by atoms with Crippen molar-refractivity contribution in [3.8, 4) is 28.7 Å². The standard InChI is InChI=1S/C49H54N4O12S2.2Na/c1-8-48(4,5)31-16-21-40(38(26-31)49(6,7)9-2)64-23-13-12-22-50-47(57)37-28-41(35-14-10-11-15-36(35)46(37)56)65-33-19-17-32(18-20-33)52-53-44-42(67(61,62)63)25-30-24-34(66(58,59)60)27-39(55)43(30)45(44)51-29(3)54;;/h10-11,14-21,24-28,55-56H,8-9,12-13,22-23H2,1-7H3,(H,50,57)(H,51,54)(H,58,59,60)(H,61,62,63);;/q;2*+1/p-2. The molecular weight excluding hydrogens is 947 g/mol. The molecule has 0 aliphatic heterocycles. The van der Waals surface area contributed by atoms with Crippen LogP contribution < -0.4 is 78.8 Å². The van der Waals surface area contributed by atoms with Gasteiger partial charge in [-0.05, 0) is 115 Å². The van der Waals surface area contributed by atoms with E-state index in [1.165, 1.54) is 41.5 Å². The van der Waals surface area contributed by atoms with Crippen LogP contribution in [0.25, 0.3) is 21.5 Å². The van der Waals surface area contributed by atoms with Crippen LogP contribution in [0.2, 0.25) is 0 Å². The first-order chi connectivity index (χ1) is 31.4. The third-order valence-electron chi connectivity index (χ3n) is 11.8. The Hall–Kier alpha value is -4.60. The third kappa shape index (κ3) is 13.4. The van der Waals surface area contributed by atoms with Crippen molar-refractivity contribution in [2.24, 2.45) is 20.2 Å². The number of phenols is 1. The Kier molecular flexibility index (Phi) is 19.1. The summed E-state index contributed by atoms with van der Waals surface area (Å²) in [6, 6.07) is 22.8. The molecule has 354 valence electrons. The molecule has 0 amide bonds. The van der Waals surface area contributed by atoms with Crippen molar-refractivity contribution in [1.29, 1.82) is 0 Å². The van der Waals surface area contributed by atoms with Crippen molar-refractivity contribution in [2.45, 2.75) is 94.8 Å². The molecule has 6 aromatic rings. The quantitative estimate of drug-likeness (QED) is 0.0233. The van der Waals surface area contributed by atoms with Gasteiger partial charge >= 0.3 is 59.1 Å². The second kappa shape index (κ2) is 23.1. The molecule has 0 bridgehead atoms. The van der Waals surface area contributed by atoms with Crippen molar-refractivity contribution in [1.82, 2.24) is 0 Å². The number of nitrogens with zero attached hydrogens (tertiary/aromatic N) is 4. The smallest absolute Gasteiger partial charge is 0.872 e. The zero-order chi connectivity index (χ0) is 49.1. The van der Waals surface area contributed by atoms with Gasteiger partial charge in [0.25, 0.3) is 20.2 Å². The first kappa shape index (κ1) is 57.0. The second-order valence-electron chi connectivity index (χ2n) is 17.2. The second-order valence-corrected chi connectivity index (χ2v) is 20.0. The predicted octanol–water partition coefficient (Wildman–Crippen LogP) is 4.43. The van der Waals surface area contributed by atoms with Crippen molar-refractivity contribution in [2.75, 3.05) is 13.2 Å². The zero-order valence-electron chi connectivity index (χ0n) is 40.1. The van der Waals surface area contributed by atoms with Crippen LogP contribution >= 0.6 is 0 Å². The van der Waals surface area contributed by atoms with E-state index in [0.29, 0.717) is 36.3 Å². The molecule has 6 aromatic carbocycles. The molecule has 0 saturated heterocycles. The summed E-state index contributed by atoms with van der Waals surface area (Å²) in [4.78, 5) is 6.29. The van der Waals surface area contributed by atoms with Gasteiger partial charge in [0.15, 0.2) is 0 Å². The number of aromatic hydroxyl groups is 1. The van der Waals surface area contributed by atoms with E-state index in [1.807, 2.05) is 0 Å². The third-order valence-corrected chi connectivity index (χ3v) is 13.5. The van der Waals surface area contributed by atoms with E-state index in [0.717, 1.165) is 37.6 Å². The van der Waals surface area contributed by atoms with Gasteiger partial charge in [-0.3, -0.25) is 19.1 Å². The summed E-state index contributed by atoms with van der Waals surface area (Å²) < 4.78 is 80.9. The molecule has 0 aliphatic carbocycles. The van der Waals surface area contributed by atoms with Gasteiger partial charge < -0.3 is 29.9 Å². The topological polar surface area (TPSA) is 263 Å². The molecule has 16 nitrogen and oxygen atoms in total. The number of rotatable bonds is 18. The van der Waals surface area contributed by atoms with Crippen molar-refractivity contribution in [3.05, 3.63) is 108 Å². The maximum atomic E-state index is 13.1. The van der Waals surface area contributed by atoms with Gasteiger partial charge in [-0.25, -0.2) is 0 Å². The summed E-state index contributed by atoms with van der Waals surface area (Å²) in [5.74, 6) is -1.13. The number of fused-ring (bicyclic) bond motifs is 2. The van der Waals surface area contributed by atoms with E-state index < -0.39 is 58.4 Å². The molecule has 0 spiro atoms. The molecule has 0 unspecified atom stereocenters. The van der Waals surface area contributed by atoms with Gasteiger partial charge in [0.2, 0.25) is 5.90 Å². The molecule has 0 aliphatic rings. The number of aliphatic hydroxyl groups is 1. The fourth-order valence-electron chi connectivity index (χ4n) is 7.19. The van der Waals surface area contributed by atoms with E-state index in [4.69, 9.17) is 9.47 Å². The monoisotopic (exact) mass is 998 g/mol. The van der Waals surface area contributed by atoms with Crippen LogP contribution in [0, 0.1) is 0 Å². The number of aliphatic imine (C=N–C) groups is 2. The number of aliphatic hydroxyl groups excluding tert-OH is 1. The maximum Gasteiger partial charge on any atom is 1.00 e. The Morgan fingerprint density at radius 2 is 1.41 bits per heavy atom. The molecule has 0 saturated carbocycles. The van der Waals surface area contributed by atoms with Crippen molar-refractivity contribution < 1.29 is 115 Å². The minimum Gasteiger partial charge on any atom is -0.872 e. The molecule has 4 N–H and O–H groups in total. The molecule has 69 heavy (non-hydrogen) atoms. The largest absolute Gasteiger partial charge is 1.00 e. The summed E-state index contributed by atoms with van der Waals surface area (Å²) in [6.07, 6.45) is 3.23. The van der Waals surface area contributed by atoms with Crippen LogP contribution in [-0.2, 0) is 31.1 Å². The Morgan fingerprint density at radius 3 is 2.01 bits per heavy atom. The van der Waals surface area contributed by atoms with Crippen LogP contribution in [0.3, 0.4) is 0 Å². The Balaban J connectivity index is 0.00000518. The molecule has 6 rings (SSSR count). The minimum atomic E-state index is -5.16. The van der Waals surface area contributed by atoms with Gasteiger partial charge in [-0.1, -0.05) is 83.7 Å². The van der Waals surface area contributed by atoms with Gasteiger partial charge in [0, 0.05) is 28.3 Å². The number of phenolic OH excluding ortho intramolecular Hbond substituents is 1. The van der Waals surface area contributed by atoms with Crippen LogP contribution in [0.4, 0.5) is 17.1 Å². The van der Waals surface area contributed by atoms with E-state index in [9.17, 15) is 46.4 Å². The predicted molar refractivity (Wildman–Crippen MR) is 254 cm³/mol. The average Bonchev–Trinajstić information content (AvgIpc) is 3.27. The van der Waals surface area contributed by atoms with Crippen molar-refractivity contribution in [3.63, 3.8) is 0 Å². The van der Waals surface area contributed by atoms with Gasteiger partial charge in [0.05, 0.1) is 28.4 Å². The Morgan fingerprint density at radius 1 is 0.754 bits per heavy atom. The van der Waals surface area contributed by atoms with Gasteiger partial charge in [-0.2, -0.15) is 21.9 Å². The van der Waals surface area contributed by atoms with Crippen LogP contribution in [0.1, 0.15) is 90.8 Å². The first-order valence-corrected chi connectivity index (χ1v) is 24.3. The van der Waals surface area contributed by atoms with E-state index >= 15 is 0 Å². The molecule has 0 atom stereocenters. The van der Waals surface area contributed by atoms with Crippen molar-refractivity contribution >= 4 is 70.6 Å². The maximum absolute atomic E-state index is 13.1. The molecule has 20 heteroatoms. The SMILES string of the molecule is CCC(C)(C)c1ccc(OCCCCN=C(O)c2cc(Oc3ccc(N=Nc4c(S(=O)(=O)O)cc5cc(S(=O)(=O)O)cc([O-])c5c4N=C(C)[O-])cc3)c3ccccc3c2O)c(C(C)(C)CC)c1.[Na+].[Na+]. The van der Waals surface area contributed by atoms with Gasteiger partial charge in [0.1, 0.15) is 33.6 Å². The van der Waals surface area contributed by atoms with Crippen LogP contribution in [-0.4, -0.2) is 61.1 Å². The van der Waals surface area contributed by atoms with E-state index in [2.05, 4.69) is 80.0 Å². The first-order valence-electron chi connectivity index (χ1n) is 21.4. The summed E-state index contributed by atoms with van der Waals surface area (Å²) in [7, 11) is -10.1. The summed E-state index contributed by atoms with van der Waals surface area (Å²) in [5, 5.41) is 55.8. The number of hydrogen-bond donors (Lipinski definition) is 4. The fraction of sp³-hybridized carbons (Fsp3) is 0.306. The van der Waals surface area contributed by atoms with Crippen LogP contribution in [0.5, 0.6) is 28.7 Å². The number of azo groups is 1. The molecule has 0 aromatic heterocycles. The number of unbranched alkanes of at least 4 members (excludes halogenated alkanes) is 1. The normalized spacial score (nSPS) is 12.8. The zero-order valence-corrected chi connectivity index (χ0v) is 45.7.